The number of nitrogens with one attached hydrogen (secondary N) is 1. The maximum absolute atomic E-state index is 12.8. The zero-order chi connectivity index (χ0) is 20.3. The van der Waals surface area contributed by atoms with E-state index in [4.69, 9.17) is 4.74 Å². The molecule has 0 saturated carbocycles. The fourth-order valence-electron chi connectivity index (χ4n) is 3.04. The Bertz CT molecular complexity index is 1070. The van der Waals surface area contributed by atoms with Crippen molar-refractivity contribution < 1.29 is 14.3 Å². The van der Waals surface area contributed by atoms with Gasteiger partial charge in [0.15, 0.2) is 5.16 Å². The summed E-state index contributed by atoms with van der Waals surface area (Å²) in [6.07, 6.45) is 1.02. The van der Waals surface area contributed by atoms with Crippen LogP contribution in [0.3, 0.4) is 0 Å². The number of H-pyrrole nitrogens is 1. The molecule has 0 amide bonds. The van der Waals surface area contributed by atoms with Crippen LogP contribution in [0.5, 0.6) is 5.75 Å². The number of esters is 1. The Balaban J connectivity index is 1.90. The number of carbonyl (C=O) groups is 1. The molecule has 1 aromatic carbocycles. The number of hydrogen-bond acceptors (Lipinski definition) is 7. The maximum atomic E-state index is 12.8. The molecule has 8 heteroatoms. The highest BCUT2D eigenvalue weighted by Gasteiger charge is 2.17. The number of rotatable bonds is 7. The van der Waals surface area contributed by atoms with Gasteiger partial charge < -0.3 is 14.5 Å². The Kier molecular flexibility index (Phi) is 6.41. The van der Waals surface area contributed by atoms with Crippen molar-refractivity contribution in [1.82, 2.24) is 9.97 Å². The molecule has 3 rings (SSSR count). The van der Waals surface area contributed by atoms with Crippen molar-refractivity contribution in [3.63, 3.8) is 0 Å². The number of ether oxygens (including phenoxy) is 2. The van der Waals surface area contributed by atoms with Crippen LogP contribution in [0.4, 0.5) is 0 Å². The Morgan fingerprint density at radius 1 is 1.29 bits per heavy atom. The van der Waals surface area contributed by atoms with E-state index >= 15 is 0 Å². The van der Waals surface area contributed by atoms with Crippen molar-refractivity contribution in [3.8, 4) is 16.9 Å². The topological polar surface area (TPSA) is 81.3 Å². The van der Waals surface area contributed by atoms with Gasteiger partial charge in [-0.15, -0.1) is 11.3 Å². The number of thiophene rings is 1. The first-order valence-corrected chi connectivity index (χ1v) is 10.6. The summed E-state index contributed by atoms with van der Waals surface area (Å²) in [7, 11) is 3.02. The van der Waals surface area contributed by atoms with Crippen LogP contribution < -0.4 is 10.3 Å². The molecule has 0 aliphatic carbocycles. The van der Waals surface area contributed by atoms with Gasteiger partial charge in [-0.1, -0.05) is 17.8 Å². The molecule has 2 aromatic heterocycles. The van der Waals surface area contributed by atoms with E-state index in [1.54, 1.807) is 7.11 Å². The molecule has 0 atom stereocenters. The largest absolute Gasteiger partial charge is 0.496 e. The normalized spacial score (nSPS) is 11.0. The first-order chi connectivity index (χ1) is 13.4. The molecule has 148 valence electrons. The molecule has 0 saturated heterocycles. The summed E-state index contributed by atoms with van der Waals surface area (Å²) in [5.74, 6) is 1.27. The number of carbonyl (C=O) groups excluding carboxylic acids is 1. The van der Waals surface area contributed by atoms with Crippen molar-refractivity contribution >= 4 is 39.3 Å². The summed E-state index contributed by atoms with van der Waals surface area (Å²) in [6.45, 7) is 3.99. The Hall–Kier alpha value is -2.32. The number of hydrogen-bond donors (Lipinski definition) is 1. The fourth-order valence-corrected chi connectivity index (χ4v) is 4.94. The standard InChI is InChI=1S/C20H22N2O4S2/c1-11-10-13(7-8-14(11)25-3)16-12(2)28-19-17(16)18(24)21-20(22-19)27-9-5-6-15(23)26-4/h7-8,10H,5-6,9H2,1-4H3,(H,21,22,24). The third-order valence-corrected chi connectivity index (χ3v) is 6.35. The first-order valence-electron chi connectivity index (χ1n) is 8.82. The average Bonchev–Trinajstić information content (AvgIpc) is 3.01. The maximum Gasteiger partial charge on any atom is 0.305 e. The molecule has 0 aliphatic heterocycles. The number of fused-ring (bicyclic) bond motifs is 1. The molecule has 0 bridgehead atoms. The van der Waals surface area contributed by atoms with Crippen LogP contribution in [-0.2, 0) is 9.53 Å². The Morgan fingerprint density at radius 3 is 2.75 bits per heavy atom. The molecule has 0 fully saturated rings. The van der Waals surface area contributed by atoms with Gasteiger partial charge in [0.25, 0.3) is 5.56 Å². The second kappa shape index (κ2) is 8.79. The fraction of sp³-hybridized carbons (Fsp3) is 0.350. The Morgan fingerprint density at radius 2 is 2.07 bits per heavy atom. The molecule has 2 heterocycles. The minimum absolute atomic E-state index is 0.145. The highest BCUT2D eigenvalue weighted by Crippen LogP contribution is 2.37. The first kappa shape index (κ1) is 20.4. The SMILES string of the molecule is COC(=O)CCCSc1nc2sc(C)c(-c3ccc(OC)c(C)c3)c2c(=O)[nH]1. The average molecular weight is 419 g/mol. The molecule has 0 radical (unpaired) electrons. The lowest BCUT2D eigenvalue weighted by Gasteiger charge is -2.08. The lowest BCUT2D eigenvalue weighted by molar-refractivity contribution is -0.140. The molecular weight excluding hydrogens is 396 g/mol. The van der Waals surface area contributed by atoms with E-state index in [0.29, 0.717) is 29.1 Å². The molecule has 0 unspecified atom stereocenters. The zero-order valence-corrected chi connectivity index (χ0v) is 17.9. The van der Waals surface area contributed by atoms with E-state index in [0.717, 1.165) is 32.1 Å². The number of aromatic nitrogens is 2. The van der Waals surface area contributed by atoms with E-state index < -0.39 is 0 Å². The van der Waals surface area contributed by atoms with Crippen LogP contribution in [0.25, 0.3) is 21.3 Å². The van der Waals surface area contributed by atoms with E-state index in [-0.39, 0.29) is 11.5 Å². The van der Waals surface area contributed by atoms with Gasteiger partial charge in [-0.05, 0) is 43.5 Å². The highest BCUT2D eigenvalue weighted by atomic mass is 32.2. The minimum Gasteiger partial charge on any atom is -0.496 e. The second-order valence-corrected chi connectivity index (χ2v) is 8.58. The molecule has 6 nitrogen and oxygen atoms in total. The van der Waals surface area contributed by atoms with Gasteiger partial charge in [0.2, 0.25) is 0 Å². The minimum atomic E-state index is -0.231. The van der Waals surface area contributed by atoms with Gasteiger partial charge in [0, 0.05) is 22.6 Å². The summed E-state index contributed by atoms with van der Waals surface area (Å²) in [4.78, 5) is 33.2. The summed E-state index contributed by atoms with van der Waals surface area (Å²) < 4.78 is 9.97. The monoisotopic (exact) mass is 418 g/mol. The third-order valence-electron chi connectivity index (χ3n) is 4.39. The number of benzene rings is 1. The van der Waals surface area contributed by atoms with Gasteiger partial charge in [-0.25, -0.2) is 4.98 Å². The molecule has 28 heavy (non-hydrogen) atoms. The second-order valence-electron chi connectivity index (χ2n) is 6.30. The predicted molar refractivity (Wildman–Crippen MR) is 114 cm³/mol. The van der Waals surface area contributed by atoms with Crippen molar-refractivity contribution in [2.75, 3.05) is 20.0 Å². The van der Waals surface area contributed by atoms with Crippen molar-refractivity contribution in [3.05, 3.63) is 39.0 Å². The van der Waals surface area contributed by atoms with Crippen LogP contribution in [0.1, 0.15) is 23.3 Å². The molecule has 0 aliphatic rings. The molecular formula is C20H22N2O4S2. The van der Waals surface area contributed by atoms with Crippen LogP contribution in [-0.4, -0.2) is 35.9 Å². The van der Waals surface area contributed by atoms with Crippen LogP contribution >= 0.6 is 23.1 Å². The van der Waals surface area contributed by atoms with Crippen molar-refractivity contribution in [1.29, 1.82) is 0 Å². The van der Waals surface area contributed by atoms with Gasteiger partial charge in [0.1, 0.15) is 10.6 Å². The Labute approximate surface area is 171 Å². The molecule has 3 aromatic rings. The number of aryl methyl sites for hydroxylation is 2. The summed E-state index contributed by atoms with van der Waals surface area (Å²) in [5.41, 5.74) is 2.77. The highest BCUT2D eigenvalue weighted by molar-refractivity contribution is 7.99. The summed E-state index contributed by atoms with van der Waals surface area (Å²) >= 11 is 2.95. The van der Waals surface area contributed by atoms with Crippen LogP contribution in [0.2, 0.25) is 0 Å². The van der Waals surface area contributed by atoms with Crippen molar-refractivity contribution in [2.45, 2.75) is 31.8 Å². The van der Waals surface area contributed by atoms with E-state index in [9.17, 15) is 9.59 Å². The van der Waals surface area contributed by atoms with Gasteiger partial charge >= 0.3 is 5.97 Å². The smallest absolute Gasteiger partial charge is 0.305 e. The third kappa shape index (κ3) is 4.23. The van der Waals surface area contributed by atoms with E-state index in [2.05, 4.69) is 14.7 Å². The molecule has 1 N–H and O–H groups in total. The van der Waals surface area contributed by atoms with Crippen LogP contribution in [0.15, 0.2) is 28.2 Å². The van der Waals surface area contributed by atoms with Gasteiger partial charge in [0.05, 0.1) is 19.6 Å². The summed E-state index contributed by atoms with van der Waals surface area (Å²) in [6, 6.07) is 5.91. The zero-order valence-electron chi connectivity index (χ0n) is 16.3. The summed E-state index contributed by atoms with van der Waals surface area (Å²) in [5, 5.41) is 1.19. The van der Waals surface area contributed by atoms with Crippen molar-refractivity contribution in [2.24, 2.45) is 0 Å². The predicted octanol–water partition coefficient (Wildman–Crippen LogP) is 4.32. The number of nitrogens with zero attached hydrogens (tertiary/aromatic N) is 1. The molecule has 0 spiro atoms. The van der Waals surface area contributed by atoms with Gasteiger partial charge in [-0.2, -0.15) is 0 Å². The van der Waals surface area contributed by atoms with Gasteiger partial charge in [-0.3, -0.25) is 9.59 Å². The lowest BCUT2D eigenvalue weighted by atomic mass is 10.0. The van der Waals surface area contributed by atoms with E-state index in [1.165, 1.54) is 30.2 Å². The quantitative estimate of drug-likeness (QED) is 0.266. The van der Waals surface area contributed by atoms with E-state index in [1.807, 2.05) is 32.0 Å². The lowest BCUT2D eigenvalue weighted by Crippen LogP contribution is -2.09. The van der Waals surface area contributed by atoms with Crippen LogP contribution in [0, 0.1) is 13.8 Å². The number of thioether (sulfide) groups is 1. The number of aromatic amines is 1. The number of methoxy groups -OCH3 is 2.